The topological polar surface area (TPSA) is 90.4 Å². The number of nitrogens with zero attached hydrogens (tertiary/aromatic N) is 2. The number of rotatable bonds is 3. The molecule has 1 fully saturated rings. The Morgan fingerprint density at radius 3 is 2.80 bits per heavy atom. The number of hydrogen-bond donors (Lipinski definition) is 2. The minimum atomic E-state index is -3.17. The van der Waals surface area contributed by atoms with Crippen LogP contribution in [0.25, 0.3) is 0 Å². The van der Waals surface area contributed by atoms with Crippen molar-refractivity contribution in [3.63, 3.8) is 0 Å². The van der Waals surface area contributed by atoms with Crippen molar-refractivity contribution in [2.24, 2.45) is 0 Å². The normalized spacial score (nSPS) is 30.1. The molecule has 0 spiro atoms. The van der Waals surface area contributed by atoms with Gasteiger partial charge in [-0.2, -0.15) is 4.98 Å². The van der Waals surface area contributed by atoms with Crippen LogP contribution in [0.3, 0.4) is 0 Å². The molecule has 0 amide bonds. The van der Waals surface area contributed by atoms with Gasteiger partial charge in [-0.3, -0.25) is 4.57 Å². The smallest absolute Gasteiger partial charge is 0.351 e. The second-order valence-electron chi connectivity index (χ2n) is 4.42. The summed E-state index contributed by atoms with van der Waals surface area (Å²) in [5, 5.41) is 8.97. The molecule has 0 radical (unpaired) electrons. The highest BCUT2D eigenvalue weighted by Crippen LogP contribution is 2.41. The van der Waals surface area contributed by atoms with E-state index in [9.17, 15) is 22.4 Å². The predicted molar refractivity (Wildman–Crippen MR) is 58.3 cm³/mol. The van der Waals surface area contributed by atoms with E-state index in [1.807, 2.05) is 0 Å². The SMILES string of the molecule is Nc1nc(=O)n([C@H]2O[C@@](CO)(C(F)F)C[C@@H]2F)cc1F. The zero-order valence-electron chi connectivity index (χ0n) is 9.97. The molecule has 3 atom stereocenters. The minimum absolute atomic E-state index is 0.399. The number of nitrogen functional groups attached to an aromatic ring is 1. The van der Waals surface area contributed by atoms with Crippen molar-refractivity contribution in [1.29, 1.82) is 0 Å². The lowest BCUT2D eigenvalue weighted by Crippen LogP contribution is -2.41. The van der Waals surface area contributed by atoms with E-state index in [0.717, 1.165) is 0 Å². The Labute approximate surface area is 109 Å². The van der Waals surface area contributed by atoms with Gasteiger partial charge in [0.05, 0.1) is 12.8 Å². The molecule has 2 heterocycles. The van der Waals surface area contributed by atoms with E-state index in [0.29, 0.717) is 10.8 Å². The molecule has 20 heavy (non-hydrogen) atoms. The number of nitrogens with two attached hydrogens (primary N) is 1. The zero-order chi connectivity index (χ0) is 15.1. The van der Waals surface area contributed by atoms with Crippen molar-refractivity contribution in [1.82, 2.24) is 9.55 Å². The van der Waals surface area contributed by atoms with Crippen LogP contribution in [0.1, 0.15) is 12.6 Å². The number of anilines is 1. The van der Waals surface area contributed by atoms with Crippen LogP contribution in [-0.2, 0) is 4.74 Å². The highest BCUT2D eigenvalue weighted by Gasteiger charge is 2.53. The average molecular weight is 297 g/mol. The molecule has 0 aliphatic carbocycles. The maximum absolute atomic E-state index is 13.8. The molecule has 0 unspecified atom stereocenters. The first-order chi connectivity index (χ1) is 9.30. The summed E-state index contributed by atoms with van der Waals surface area (Å²) in [7, 11) is 0. The number of aliphatic hydroxyl groups is 1. The predicted octanol–water partition coefficient (Wildman–Crippen LogP) is 0.218. The van der Waals surface area contributed by atoms with Crippen molar-refractivity contribution >= 4 is 5.82 Å². The van der Waals surface area contributed by atoms with Gasteiger partial charge >= 0.3 is 5.69 Å². The molecule has 112 valence electrons. The first-order valence-corrected chi connectivity index (χ1v) is 5.56. The van der Waals surface area contributed by atoms with E-state index in [-0.39, 0.29) is 0 Å². The second-order valence-corrected chi connectivity index (χ2v) is 4.42. The van der Waals surface area contributed by atoms with E-state index < -0.39 is 54.8 Å². The maximum Gasteiger partial charge on any atom is 0.351 e. The van der Waals surface area contributed by atoms with Gasteiger partial charge in [-0.15, -0.1) is 0 Å². The van der Waals surface area contributed by atoms with Gasteiger partial charge in [0.1, 0.15) is 6.17 Å². The number of ether oxygens (including phenoxy) is 1. The fourth-order valence-corrected chi connectivity index (χ4v) is 1.98. The quantitative estimate of drug-likeness (QED) is 0.779. The number of hydrogen-bond acceptors (Lipinski definition) is 5. The number of aliphatic hydroxyl groups excluding tert-OH is 1. The van der Waals surface area contributed by atoms with Crippen molar-refractivity contribution in [3.05, 3.63) is 22.5 Å². The Bertz CT molecular complexity index is 567. The lowest BCUT2D eigenvalue weighted by atomic mass is 10.0. The summed E-state index contributed by atoms with van der Waals surface area (Å²) in [6.07, 6.45) is -7.30. The minimum Gasteiger partial charge on any atom is -0.393 e. The van der Waals surface area contributed by atoms with Crippen molar-refractivity contribution in [2.45, 2.75) is 30.8 Å². The zero-order valence-corrected chi connectivity index (χ0v) is 9.97. The van der Waals surface area contributed by atoms with E-state index in [2.05, 4.69) is 4.98 Å². The number of halogens is 4. The Hall–Kier alpha value is -1.68. The molecular formula is C10H11F4N3O3. The van der Waals surface area contributed by atoms with Crippen LogP contribution < -0.4 is 11.4 Å². The third-order valence-corrected chi connectivity index (χ3v) is 3.08. The van der Waals surface area contributed by atoms with Crippen LogP contribution in [-0.4, -0.2) is 39.5 Å². The Morgan fingerprint density at radius 2 is 2.30 bits per heavy atom. The first kappa shape index (κ1) is 14.7. The summed E-state index contributed by atoms with van der Waals surface area (Å²) in [4.78, 5) is 14.6. The van der Waals surface area contributed by atoms with Gasteiger partial charge < -0.3 is 15.6 Å². The van der Waals surface area contributed by atoms with Gasteiger partial charge in [0, 0.05) is 6.42 Å². The molecule has 10 heteroatoms. The molecule has 1 aliphatic rings. The van der Waals surface area contributed by atoms with Gasteiger partial charge in [-0.05, 0) is 0 Å². The molecular weight excluding hydrogens is 286 g/mol. The van der Waals surface area contributed by atoms with Gasteiger partial charge in [0.25, 0.3) is 6.43 Å². The fraction of sp³-hybridized carbons (Fsp3) is 0.600. The summed E-state index contributed by atoms with van der Waals surface area (Å²) in [6.45, 7) is -1.14. The van der Waals surface area contributed by atoms with E-state index in [4.69, 9.17) is 15.6 Å². The first-order valence-electron chi connectivity index (χ1n) is 5.56. The van der Waals surface area contributed by atoms with E-state index >= 15 is 0 Å². The Kier molecular flexibility index (Phi) is 3.69. The summed E-state index contributed by atoms with van der Waals surface area (Å²) in [5.41, 5.74) is 1.49. The molecule has 2 rings (SSSR count). The lowest BCUT2D eigenvalue weighted by Gasteiger charge is -2.25. The molecule has 3 N–H and O–H groups in total. The third-order valence-electron chi connectivity index (χ3n) is 3.08. The Morgan fingerprint density at radius 1 is 1.65 bits per heavy atom. The second kappa shape index (κ2) is 5.02. The molecule has 6 nitrogen and oxygen atoms in total. The third kappa shape index (κ3) is 2.24. The lowest BCUT2D eigenvalue weighted by molar-refractivity contribution is -0.171. The summed E-state index contributed by atoms with van der Waals surface area (Å²) >= 11 is 0. The van der Waals surface area contributed by atoms with Crippen LogP contribution in [0.4, 0.5) is 23.4 Å². The monoisotopic (exact) mass is 297 g/mol. The fourth-order valence-electron chi connectivity index (χ4n) is 1.98. The summed E-state index contributed by atoms with van der Waals surface area (Å²) in [5.74, 6) is -1.80. The van der Waals surface area contributed by atoms with Crippen LogP contribution in [0.5, 0.6) is 0 Å². The molecule has 1 aliphatic heterocycles. The maximum atomic E-state index is 13.8. The van der Waals surface area contributed by atoms with Crippen LogP contribution >= 0.6 is 0 Å². The highest BCUT2D eigenvalue weighted by atomic mass is 19.3. The molecule has 0 saturated carbocycles. The highest BCUT2D eigenvalue weighted by molar-refractivity contribution is 5.26. The molecule has 0 aromatic carbocycles. The average Bonchev–Trinajstić information content (AvgIpc) is 2.72. The van der Waals surface area contributed by atoms with Crippen LogP contribution in [0.15, 0.2) is 11.0 Å². The number of alkyl halides is 3. The van der Waals surface area contributed by atoms with Crippen molar-refractivity contribution in [3.8, 4) is 0 Å². The Balaban J connectivity index is 2.40. The van der Waals surface area contributed by atoms with E-state index in [1.54, 1.807) is 0 Å². The summed E-state index contributed by atoms with van der Waals surface area (Å²) < 4.78 is 57.9. The van der Waals surface area contributed by atoms with Crippen LogP contribution in [0, 0.1) is 5.82 Å². The van der Waals surface area contributed by atoms with Crippen molar-refractivity contribution in [2.75, 3.05) is 12.3 Å². The van der Waals surface area contributed by atoms with E-state index in [1.165, 1.54) is 0 Å². The summed E-state index contributed by atoms with van der Waals surface area (Å²) in [6, 6.07) is 0. The van der Waals surface area contributed by atoms with Crippen LogP contribution in [0.2, 0.25) is 0 Å². The van der Waals surface area contributed by atoms with Gasteiger partial charge in [0.15, 0.2) is 23.5 Å². The molecule has 1 aromatic heterocycles. The van der Waals surface area contributed by atoms with Crippen molar-refractivity contribution < 1.29 is 27.4 Å². The molecule has 1 aromatic rings. The number of aromatic nitrogens is 2. The molecule has 1 saturated heterocycles. The largest absolute Gasteiger partial charge is 0.393 e. The van der Waals surface area contributed by atoms with Gasteiger partial charge in [-0.1, -0.05) is 0 Å². The molecule has 0 bridgehead atoms. The van der Waals surface area contributed by atoms with Gasteiger partial charge in [-0.25, -0.2) is 22.4 Å². The standard InChI is InChI=1S/C10H11F4N3O3/c11-4-1-10(3-18,8(13)14)20-7(4)17-2-5(12)6(15)16-9(17)19/h2,4,7-8,18H,1,3H2,(H2,15,16,19)/t4-,7-,10-/m0/s1. The van der Waals surface area contributed by atoms with Gasteiger partial charge in [0.2, 0.25) is 0 Å².